The fourth-order valence-corrected chi connectivity index (χ4v) is 1.18. The van der Waals surface area contributed by atoms with E-state index in [0.29, 0.717) is 6.04 Å². The summed E-state index contributed by atoms with van der Waals surface area (Å²) in [5.74, 6) is 0. The Bertz CT molecular complexity index is 229. The van der Waals surface area contributed by atoms with Crippen molar-refractivity contribution in [2.24, 2.45) is 0 Å². The molecule has 1 aliphatic rings. The van der Waals surface area contributed by atoms with Gasteiger partial charge in [0, 0.05) is 25.0 Å². The Labute approximate surface area is 73.0 Å². The van der Waals surface area contributed by atoms with Crippen LogP contribution in [0.2, 0.25) is 0 Å². The zero-order valence-electron chi connectivity index (χ0n) is 7.11. The zero-order valence-corrected chi connectivity index (χ0v) is 7.11. The molecule has 1 aromatic heterocycles. The molecule has 12 heavy (non-hydrogen) atoms. The lowest BCUT2D eigenvalue weighted by Gasteiger charge is -1.99. The first kappa shape index (κ1) is 7.74. The molecule has 63 valence electrons. The highest BCUT2D eigenvalue weighted by atomic mass is 14.9. The highest BCUT2D eigenvalue weighted by molar-refractivity contribution is 5.09. The van der Waals surface area contributed by atoms with Gasteiger partial charge in [-0.2, -0.15) is 0 Å². The number of nitrogens with zero attached hydrogens (tertiary/aromatic N) is 2. The van der Waals surface area contributed by atoms with Crippen LogP contribution in [0, 0.1) is 0 Å². The van der Waals surface area contributed by atoms with Crippen LogP contribution in [0.25, 0.3) is 0 Å². The first-order chi connectivity index (χ1) is 5.95. The standard InChI is InChI=1S/C10H13N2/c1-2-10(1)12-8-5-9-3-6-11-7-4-9/h3-4,6-7,10H,1-2,5,8H2. The molecule has 0 spiro atoms. The van der Waals surface area contributed by atoms with Gasteiger partial charge in [0.05, 0.1) is 0 Å². The summed E-state index contributed by atoms with van der Waals surface area (Å²) in [5.41, 5.74) is 1.34. The molecule has 0 aromatic carbocycles. The number of hydrogen-bond donors (Lipinski definition) is 0. The topological polar surface area (TPSA) is 27.0 Å². The summed E-state index contributed by atoms with van der Waals surface area (Å²) in [7, 11) is 0. The molecule has 1 radical (unpaired) electrons. The molecule has 1 aromatic rings. The van der Waals surface area contributed by atoms with Crippen molar-refractivity contribution in [2.75, 3.05) is 6.54 Å². The second-order valence-corrected chi connectivity index (χ2v) is 3.24. The van der Waals surface area contributed by atoms with E-state index in [-0.39, 0.29) is 0 Å². The van der Waals surface area contributed by atoms with Crippen LogP contribution in [0.1, 0.15) is 18.4 Å². The maximum atomic E-state index is 4.51. The van der Waals surface area contributed by atoms with Gasteiger partial charge in [0.15, 0.2) is 0 Å². The fourth-order valence-electron chi connectivity index (χ4n) is 1.18. The Morgan fingerprint density at radius 3 is 2.75 bits per heavy atom. The lowest BCUT2D eigenvalue weighted by molar-refractivity contribution is 0.667. The number of rotatable bonds is 4. The molecule has 1 heterocycles. The van der Waals surface area contributed by atoms with Crippen molar-refractivity contribution < 1.29 is 0 Å². The van der Waals surface area contributed by atoms with E-state index in [2.05, 4.69) is 22.4 Å². The van der Waals surface area contributed by atoms with Crippen LogP contribution in [0.5, 0.6) is 0 Å². The van der Waals surface area contributed by atoms with Gasteiger partial charge in [0.2, 0.25) is 0 Å². The molecule has 0 N–H and O–H groups in total. The molecule has 0 atom stereocenters. The summed E-state index contributed by atoms with van der Waals surface area (Å²) in [5, 5.41) is 4.51. The van der Waals surface area contributed by atoms with E-state index in [4.69, 9.17) is 0 Å². The average Bonchev–Trinajstić information content (AvgIpc) is 2.90. The normalized spacial score (nSPS) is 16.3. The molecule has 2 rings (SSSR count). The maximum Gasteiger partial charge on any atom is 0.0270 e. The minimum Gasteiger partial charge on any atom is -0.265 e. The molecule has 1 aliphatic carbocycles. The number of hydrogen-bond acceptors (Lipinski definition) is 1. The zero-order chi connectivity index (χ0) is 8.23. The molecule has 0 saturated heterocycles. The molecule has 0 unspecified atom stereocenters. The van der Waals surface area contributed by atoms with Gasteiger partial charge >= 0.3 is 0 Å². The van der Waals surface area contributed by atoms with Crippen molar-refractivity contribution in [2.45, 2.75) is 25.3 Å². The fraction of sp³-hybridized carbons (Fsp3) is 0.500. The van der Waals surface area contributed by atoms with Gasteiger partial charge in [-0.25, -0.2) is 5.32 Å². The quantitative estimate of drug-likeness (QED) is 0.655. The van der Waals surface area contributed by atoms with Gasteiger partial charge in [-0.05, 0) is 37.0 Å². The van der Waals surface area contributed by atoms with Crippen LogP contribution in [0.4, 0.5) is 0 Å². The third-order valence-corrected chi connectivity index (χ3v) is 2.08. The third-order valence-electron chi connectivity index (χ3n) is 2.08. The van der Waals surface area contributed by atoms with E-state index in [9.17, 15) is 0 Å². The lowest BCUT2D eigenvalue weighted by Crippen LogP contribution is -2.10. The second-order valence-electron chi connectivity index (χ2n) is 3.24. The summed E-state index contributed by atoms with van der Waals surface area (Å²) >= 11 is 0. The van der Waals surface area contributed by atoms with E-state index in [1.165, 1.54) is 18.4 Å². The highest BCUT2D eigenvalue weighted by Crippen LogP contribution is 2.19. The highest BCUT2D eigenvalue weighted by Gasteiger charge is 2.20. The van der Waals surface area contributed by atoms with Crippen molar-refractivity contribution in [3.8, 4) is 0 Å². The number of pyridine rings is 1. The summed E-state index contributed by atoms with van der Waals surface area (Å²) < 4.78 is 0. The summed E-state index contributed by atoms with van der Waals surface area (Å²) in [4.78, 5) is 3.97. The van der Waals surface area contributed by atoms with E-state index in [1.54, 1.807) is 0 Å². The summed E-state index contributed by atoms with van der Waals surface area (Å²) in [6.45, 7) is 0.981. The SMILES string of the molecule is c1cc(CC[N]C2CC2)ccn1. The molecule has 1 saturated carbocycles. The lowest BCUT2D eigenvalue weighted by atomic mass is 10.2. The van der Waals surface area contributed by atoms with Gasteiger partial charge in [-0.15, -0.1) is 0 Å². The smallest absolute Gasteiger partial charge is 0.0270 e. The largest absolute Gasteiger partial charge is 0.265 e. The van der Waals surface area contributed by atoms with Crippen LogP contribution in [0.3, 0.4) is 0 Å². The monoisotopic (exact) mass is 161 g/mol. The van der Waals surface area contributed by atoms with E-state index in [0.717, 1.165) is 13.0 Å². The molecule has 1 fully saturated rings. The Kier molecular flexibility index (Phi) is 2.37. The summed E-state index contributed by atoms with van der Waals surface area (Å²) in [6, 6.07) is 4.82. The van der Waals surface area contributed by atoms with Crippen molar-refractivity contribution in [3.63, 3.8) is 0 Å². The molecule has 2 heteroatoms. The Balaban J connectivity index is 1.72. The third kappa shape index (κ3) is 2.31. The van der Waals surface area contributed by atoms with Crippen LogP contribution in [0.15, 0.2) is 24.5 Å². The Morgan fingerprint density at radius 2 is 2.08 bits per heavy atom. The van der Waals surface area contributed by atoms with Crippen LogP contribution in [-0.2, 0) is 6.42 Å². The van der Waals surface area contributed by atoms with Crippen molar-refractivity contribution in [1.82, 2.24) is 10.3 Å². The van der Waals surface area contributed by atoms with Crippen LogP contribution in [-0.4, -0.2) is 17.6 Å². The predicted molar refractivity (Wildman–Crippen MR) is 48.0 cm³/mol. The Morgan fingerprint density at radius 1 is 1.33 bits per heavy atom. The predicted octanol–water partition coefficient (Wildman–Crippen LogP) is 1.39. The minimum atomic E-state index is 0.701. The van der Waals surface area contributed by atoms with E-state index in [1.807, 2.05) is 12.4 Å². The van der Waals surface area contributed by atoms with Gasteiger partial charge in [0.25, 0.3) is 0 Å². The van der Waals surface area contributed by atoms with Crippen molar-refractivity contribution >= 4 is 0 Å². The van der Waals surface area contributed by atoms with Gasteiger partial charge in [0.1, 0.15) is 0 Å². The number of aromatic nitrogens is 1. The van der Waals surface area contributed by atoms with Gasteiger partial charge in [-0.1, -0.05) is 0 Å². The maximum absolute atomic E-state index is 4.51. The van der Waals surface area contributed by atoms with E-state index < -0.39 is 0 Å². The van der Waals surface area contributed by atoms with Gasteiger partial charge < -0.3 is 0 Å². The van der Waals surface area contributed by atoms with Crippen LogP contribution < -0.4 is 5.32 Å². The average molecular weight is 161 g/mol. The van der Waals surface area contributed by atoms with Gasteiger partial charge in [-0.3, -0.25) is 4.98 Å². The molecular formula is C10H13N2. The molecule has 2 nitrogen and oxygen atoms in total. The van der Waals surface area contributed by atoms with Crippen molar-refractivity contribution in [3.05, 3.63) is 30.1 Å². The first-order valence-corrected chi connectivity index (χ1v) is 4.50. The first-order valence-electron chi connectivity index (χ1n) is 4.50. The molecule has 0 bridgehead atoms. The van der Waals surface area contributed by atoms with Crippen LogP contribution >= 0.6 is 0 Å². The second kappa shape index (κ2) is 3.68. The summed E-state index contributed by atoms with van der Waals surface area (Å²) in [6.07, 6.45) is 7.38. The van der Waals surface area contributed by atoms with E-state index >= 15 is 0 Å². The molecule has 0 aliphatic heterocycles. The Hall–Kier alpha value is -0.890. The molecular weight excluding hydrogens is 148 g/mol. The van der Waals surface area contributed by atoms with Crippen molar-refractivity contribution in [1.29, 1.82) is 0 Å². The molecule has 0 amide bonds. The minimum absolute atomic E-state index is 0.701.